The van der Waals surface area contributed by atoms with E-state index in [4.69, 9.17) is 0 Å². The van der Waals surface area contributed by atoms with Gasteiger partial charge in [0.2, 0.25) is 5.91 Å². The predicted octanol–water partition coefficient (Wildman–Crippen LogP) is 2.66. The lowest BCUT2D eigenvalue weighted by Gasteiger charge is -2.36. The van der Waals surface area contributed by atoms with Gasteiger partial charge in [0.25, 0.3) is 0 Å². The molecule has 1 fully saturated rings. The fourth-order valence-corrected chi connectivity index (χ4v) is 3.47. The molecule has 1 saturated heterocycles. The van der Waals surface area contributed by atoms with E-state index >= 15 is 0 Å². The fourth-order valence-electron chi connectivity index (χ4n) is 3.47. The first kappa shape index (κ1) is 16.7. The molecule has 0 aliphatic carbocycles. The second-order valence-electron chi connectivity index (χ2n) is 6.85. The highest BCUT2D eigenvalue weighted by molar-refractivity contribution is 5.83. The van der Waals surface area contributed by atoms with Crippen LogP contribution in [0.15, 0.2) is 42.7 Å². The molecule has 2 unspecified atom stereocenters. The van der Waals surface area contributed by atoms with Crippen molar-refractivity contribution < 1.29 is 4.79 Å². The molecule has 1 aliphatic heterocycles. The molecular weight excluding hydrogens is 300 g/mol. The third-order valence-electron chi connectivity index (χ3n) is 4.68. The number of piperidine rings is 1. The molecule has 0 radical (unpaired) electrons. The lowest BCUT2D eigenvalue weighted by Crippen LogP contribution is -2.46. The average Bonchev–Trinajstić information content (AvgIpc) is 3.02. The molecule has 128 valence electrons. The maximum atomic E-state index is 13.2. The number of amides is 1. The molecule has 2 aromatic rings. The smallest absolute Gasteiger partial charge is 0.244 e. The minimum atomic E-state index is -0.232. The summed E-state index contributed by atoms with van der Waals surface area (Å²) in [6.07, 6.45) is 6.04. The highest BCUT2D eigenvalue weighted by Gasteiger charge is 2.31. The fraction of sp³-hybridized carbons (Fsp3) is 0.474. The Hall–Kier alpha value is -2.14. The van der Waals surface area contributed by atoms with Crippen molar-refractivity contribution in [2.45, 2.75) is 31.8 Å². The van der Waals surface area contributed by atoms with Gasteiger partial charge in [-0.05, 0) is 45.0 Å². The molecule has 0 bridgehead atoms. The Balaban J connectivity index is 1.77. The number of carbonyl (C=O) groups excluding carboxylic acids is 1. The number of hydrogen-bond acceptors (Lipinski definition) is 3. The van der Waals surface area contributed by atoms with Crippen LogP contribution in [0.1, 0.15) is 36.1 Å². The lowest BCUT2D eigenvalue weighted by atomic mass is 10.0. The Labute approximate surface area is 143 Å². The van der Waals surface area contributed by atoms with E-state index in [2.05, 4.69) is 11.3 Å². The van der Waals surface area contributed by atoms with Crippen molar-refractivity contribution in [3.8, 4) is 0 Å². The lowest BCUT2D eigenvalue weighted by molar-refractivity contribution is -0.138. The molecule has 1 aliphatic rings. The van der Waals surface area contributed by atoms with Gasteiger partial charge < -0.3 is 4.90 Å². The maximum absolute atomic E-state index is 13.2. The number of aryl methyl sites for hydroxylation is 1. The van der Waals surface area contributed by atoms with Gasteiger partial charge >= 0.3 is 0 Å². The van der Waals surface area contributed by atoms with E-state index < -0.39 is 0 Å². The first-order valence-electron chi connectivity index (χ1n) is 8.57. The minimum Gasteiger partial charge on any atom is -0.339 e. The van der Waals surface area contributed by atoms with Gasteiger partial charge in [0.05, 0.1) is 12.2 Å². The van der Waals surface area contributed by atoms with Gasteiger partial charge in [-0.15, -0.1) is 0 Å². The van der Waals surface area contributed by atoms with Crippen LogP contribution in [0.25, 0.3) is 0 Å². The van der Waals surface area contributed by atoms with Gasteiger partial charge in [-0.25, -0.2) is 0 Å². The summed E-state index contributed by atoms with van der Waals surface area (Å²) in [4.78, 5) is 17.2. The number of likely N-dealkylation sites (N-methyl/N-ethyl adjacent to an activating group) is 1. The molecule has 5 nitrogen and oxygen atoms in total. The summed E-state index contributed by atoms with van der Waals surface area (Å²) in [6.45, 7) is 3.61. The number of likely N-dealkylation sites (tertiary alicyclic amines) is 1. The number of benzene rings is 1. The molecule has 0 spiro atoms. The molecule has 1 amide bonds. The highest BCUT2D eigenvalue weighted by atomic mass is 16.2. The Morgan fingerprint density at radius 1 is 1.29 bits per heavy atom. The molecule has 5 heteroatoms. The Bertz CT molecular complexity index is 680. The molecule has 1 aromatic carbocycles. The number of nitrogens with zero attached hydrogens (tertiary/aromatic N) is 4. The van der Waals surface area contributed by atoms with Crippen LogP contribution in [0, 0.1) is 6.92 Å². The zero-order chi connectivity index (χ0) is 17.1. The second kappa shape index (κ2) is 7.18. The zero-order valence-electron chi connectivity index (χ0n) is 14.7. The van der Waals surface area contributed by atoms with Crippen LogP contribution in [-0.4, -0.2) is 52.7 Å². The van der Waals surface area contributed by atoms with Crippen LogP contribution >= 0.6 is 0 Å². The summed E-state index contributed by atoms with van der Waals surface area (Å²) in [5, 5.41) is 4.44. The van der Waals surface area contributed by atoms with E-state index in [0.717, 1.165) is 37.1 Å². The van der Waals surface area contributed by atoms with E-state index in [1.54, 1.807) is 0 Å². The van der Waals surface area contributed by atoms with E-state index in [1.165, 1.54) is 0 Å². The van der Waals surface area contributed by atoms with Crippen molar-refractivity contribution in [3.63, 3.8) is 0 Å². The standard InChI is InChI=1S/C19H26N4O/c1-15-12-20-23(13-15)17-10-7-11-22(14-17)19(24)18(21(2)3)16-8-5-4-6-9-16/h4-6,8-9,12-13,17-18H,7,10-11,14H2,1-3H3. The van der Waals surface area contributed by atoms with Crippen LogP contribution in [0.5, 0.6) is 0 Å². The summed E-state index contributed by atoms with van der Waals surface area (Å²) in [7, 11) is 3.93. The molecular formula is C19H26N4O. The quantitative estimate of drug-likeness (QED) is 0.867. The maximum Gasteiger partial charge on any atom is 0.244 e. The number of aromatic nitrogens is 2. The monoisotopic (exact) mass is 326 g/mol. The number of rotatable bonds is 4. The summed E-state index contributed by atoms with van der Waals surface area (Å²) in [6, 6.07) is 10.1. The summed E-state index contributed by atoms with van der Waals surface area (Å²) in [5.41, 5.74) is 2.21. The average molecular weight is 326 g/mol. The van der Waals surface area contributed by atoms with Crippen molar-refractivity contribution in [2.24, 2.45) is 0 Å². The van der Waals surface area contributed by atoms with Gasteiger partial charge in [0.1, 0.15) is 6.04 Å². The molecule has 24 heavy (non-hydrogen) atoms. The van der Waals surface area contributed by atoms with Crippen molar-refractivity contribution in [1.82, 2.24) is 19.6 Å². The van der Waals surface area contributed by atoms with Crippen LogP contribution in [-0.2, 0) is 4.79 Å². The first-order chi connectivity index (χ1) is 11.6. The van der Waals surface area contributed by atoms with Crippen LogP contribution < -0.4 is 0 Å². The van der Waals surface area contributed by atoms with E-state index in [-0.39, 0.29) is 18.0 Å². The first-order valence-corrected chi connectivity index (χ1v) is 8.57. The van der Waals surface area contributed by atoms with E-state index in [9.17, 15) is 4.79 Å². The van der Waals surface area contributed by atoms with Gasteiger partial charge in [0, 0.05) is 19.3 Å². The Kier molecular flexibility index (Phi) is 5.00. The van der Waals surface area contributed by atoms with Gasteiger partial charge in [-0.1, -0.05) is 30.3 Å². The van der Waals surface area contributed by atoms with E-state index in [1.807, 2.05) is 72.0 Å². The van der Waals surface area contributed by atoms with Crippen LogP contribution in [0.3, 0.4) is 0 Å². The molecule has 2 heterocycles. The minimum absolute atomic E-state index is 0.180. The van der Waals surface area contributed by atoms with Crippen LogP contribution in [0.4, 0.5) is 0 Å². The second-order valence-corrected chi connectivity index (χ2v) is 6.85. The van der Waals surface area contributed by atoms with Gasteiger partial charge in [0.15, 0.2) is 0 Å². The molecule has 1 aromatic heterocycles. The topological polar surface area (TPSA) is 41.4 Å². The van der Waals surface area contributed by atoms with Crippen molar-refractivity contribution in [1.29, 1.82) is 0 Å². The Morgan fingerprint density at radius 3 is 2.67 bits per heavy atom. The predicted molar refractivity (Wildman–Crippen MR) is 94.7 cm³/mol. The van der Waals surface area contributed by atoms with Crippen molar-refractivity contribution in [2.75, 3.05) is 27.2 Å². The third-order valence-corrected chi connectivity index (χ3v) is 4.68. The van der Waals surface area contributed by atoms with Crippen LogP contribution in [0.2, 0.25) is 0 Å². The third kappa shape index (κ3) is 3.51. The largest absolute Gasteiger partial charge is 0.339 e. The molecule has 0 N–H and O–H groups in total. The van der Waals surface area contributed by atoms with Gasteiger partial charge in [-0.3, -0.25) is 14.4 Å². The molecule has 3 rings (SSSR count). The Morgan fingerprint density at radius 2 is 2.04 bits per heavy atom. The highest BCUT2D eigenvalue weighted by Crippen LogP contribution is 2.26. The summed E-state index contributed by atoms with van der Waals surface area (Å²) >= 11 is 0. The summed E-state index contributed by atoms with van der Waals surface area (Å²) < 4.78 is 2.02. The summed E-state index contributed by atoms with van der Waals surface area (Å²) in [5.74, 6) is 0.180. The van der Waals surface area contributed by atoms with Crippen molar-refractivity contribution in [3.05, 3.63) is 53.9 Å². The number of hydrogen-bond donors (Lipinski definition) is 0. The van der Waals surface area contributed by atoms with Crippen molar-refractivity contribution >= 4 is 5.91 Å². The zero-order valence-corrected chi connectivity index (χ0v) is 14.7. The molecule has 2 atom stereocenters. The van der Waals surface area contributed by atoms with E-state index in [0.29, 0.717) is 0 Å². The van der Waals surface area contributed by atoms with Gasteiger partial charge in [-0.2, -0.15) is 5.10 Å². The SMILES string of the molecule is Cc1cnn(C2CCCN(C(=O)C(c3ccccc3)N(C)C)C2)c1. The molecule has 0 saturated carbocycles. The normalized spacial score (nSPS) is 19.5. The number of carbonyl (C=O) groups is 1.